The monoisotopic (exact) mass is 460 g/mol. The van der Waals surface area contributed by atoms with Gasteiger partial charge >= 0.3 is 6.16 Å². The molecule has 0 radical (unpaired) electrons. The van der Waals surface area contributed by atoms with Crippen molar-refractivity contribution in [2.24, 2.45) is 0 Å². The summed E-state index contributed by atoms with van der Waals surface area (Å²) in [7, 11) is 1.23. The van der Waals surface area contributed by atoms with E-state index in [1.165, 1.54) is 13.2 Å². The van der Waals surface area contributed by atoms with E-state index >= 15 is 0 Å². The van der Waals surface area contributed by atoms with Crippen LogP contribution in [0.1, 0.15) is 18.1 Å². The number of carbonyl (C=O) groups excluding carboxylic acids is 1. The lowest BCUT2D eigenvalue weighted by molar-refractivity contribution is 0.120. The molecule has 0 aromatic heterocycles. The van der Waals surface area contributed by atoms with E-state index in [1.54, 1.807) is 24.3 Å². The van der Waals surface area contributed by atoms with E-state index in [2.05, 4.69) is 36.6 Å². The molecular formula is C17H15Br2FO4. The molecule has 0 fully saturated rings. The summed E-state index contributed by atoms with van der Waals surface area (Å²) in [6, 6.07) is 8.16. The highest BCUT2D eigenvalue weighted by Crippen LogP contribution is 2.32. The summed E-state index contributed by atoms with van der Waals surface area (Å²) in [5, 5.41) is 0. The Bertz CT molecular complexity index is 750. The highest BCUT2D eigenvalue weighted by molar-refractivity contribution is 9.10. The minimum atomic E-state index is -0.825. The topological polar surface area (TPSA) is 44.8 Å². The van der Waals surface area contributed by atoms with E-state index in [0.717, 1.165) is 0 Å². The Morgan fingerprint density at radius 2 is 1.92 bits per heavy atom. The van der Waals surface area contributed by atoms with Crippen LogP contribution in [0.3, 0.4) is 0 Å². The Balaban J connectivity index is 2.23. The summed E-state index contributed by atoms with van der Waals surface area (Å²) in [6.07, 6.45) is -0.236. The molecule has 4 nitrogen and oxygen atoms in total. The van der Waals surface area contributed by atoms with E-state index in [9.17, 15) is 9.18 Å². The normalized spacial score (nSPS) is 10.4. The number of aryl methyl sites for hydroxylation is 1. The fourth-order valence-corrected chi connectivity index (χ4v) is 2.97. The Morgan fingerprint density at radius 3 is 2.58 bits per heavy atom. The van der Waals surface area contributed by atoms with Crippen molar-refractivity contribution in [1.29, 1.82) is 0 Å². The Morgan fingerprint density at radius 1 is 1.17 bits per heavy atom. The molecule has 0 bridgehead atoms. The second-order valence-corrected chi connectivity index (χ2v) is 6.50. The molecule has 0 atom stereocenters. The fraction of sp³-hybridized carbons (Fsp3) is 0.235. The van der Waals surface area contributed by atoms with Gasteiger partial charge in [0.1, 0.15) is 23.9 Å². The number of hydrogen-bond donors (Lipinski definition) is 0. The molecule has 128 valence electrons. The number of benzene rings is 2. The lowest BCUT2D eigenvalue weighted by atomic mass is 10.1. The zero-order chi connectivity index (χ0) is 17.7. The van der Waals surface area contributed by atoms with Gasteiger partial charge in [0, 0.05) is 16.1 Å². The van der Waals surface area contributed by atoms with Crippen LogP contribution in [0.15, 0.2) is 39.3 Å². The summed E-state index contributed by atoms with van der Waals surface area (Å²) >= 11 is 6.77. The number of rotatable bonds is 5. The summed E-state index contributed by atoms with van der Waals surface area (Å²) in [5.41, 5.74) is 1.21. The molecule has 24 heavy (non-hydrogen) atoms. The quantitative estimate of drug-likeness (QED) is 0.427. The van der Waals surface area contributed by atoms with Gasteiger partial charge in [-0.05, 0) is 46.1 Å². The van der Waals surface area contributed by atoms with E-state index in [4.69, 9.17) is 9.47 Å². The molecule has 0 saturated heterocycles. The van der Waals surface area contributed by atoms with Gasteiger partial charge < -0.3 is 14.2 Å². The van der Waals surface area contributed by atoms with Gasteiger partial charge in [-0.25, -0.2) is 9.18 Å². The Hall–Kier alpha value is -1.60. The first-order valence-corrected chi connectivity index (χ1v) is 8.68. The highest BCUT2D eigenvalue weighted by atomic mass is 79.9. The third kappa shape index (κ3) is 4.48. The smallest absolute Gasteiger partial charge is 0.487 e. The van der Waals surface area contributed by atoms with Crippen LogP contribution in [-0.2, 0) is 17.8 Å². The predicted octanol–water partition coefficient (Wildman–Crippen LogP) is 5.64. The van der Waals surface area contributed by atoms with E-state index in [0.29, 0.717) is 38.0 Å². The maximum Gasteiger partial charge on any atom is 0.513 e. The first-order chi connectivity index (χ1) is 11.5. The average Bonchev–Trinajstić information content (AvgIpc) is 2.56. The summed E-state index contributed by atoms with van der Waals surface area (Å²) in [5.74, 6) is 0.344. The van der Waals surface area contributed by atoms with Crippen LogP contribution in [0.25, 0.3) is 0 Å². The van der Waals surface area contributed by atoms with Gasteiger partial charge in [0.15, 0.2) is 0 Å². The number of carbonyl (C=O) groups is 1. The molecule has 0 N–H and O–H groups in total. The SMILES string of the molecule is CCc1cc(Br)c(OCc2c(Br)cccc2OC(=O)OC)cc1F. The molecule has 0 heterocycles. The second kappa shape index (κ2) is 8.48. The molecule has 0 amide bonds. The molecule has 2 aromatic rings. The van der Waals surface area contributed by atoms with Crippen LogP contribution < -0.4 is 9.47 Å². The van der Waals surface area contributed by atoms with Crippen molar-refractivity contribution in [2.45, 2.75) is 20.0 Å². The molecule has 0 aliphatic carbocycles. The Kier molecular flexibility index (Phi) is 6.62. The standard InChI is InChI=1S/C17H15Br2FO4/c1-3-10-7-13(19)16(8-14(10)20)23-9-11-12(18)5-4-6-15(11)24-17(21)22-2/h4-8H,3,9H2,1-2H3. The van der Waals surface area contributed by atoms with E-state index in [1.807, 2.05) is 6.92 Å². The first kappa shape index (κ1) is 18.7. The molecule has 0 aliphatic heterocycles. The molecule has 2 rings (SSSR count). The van der Waals surface area contributed by atoms with E-state index < -0.39 is 6.16 Å². The number of methoxy groups -OCH3 is 1. The van der Waals surface area contributed by atoms with Gasteiger partial charge in [0.2, 0.25) is 0 Å². The van der Waals surface area contributed by atoms with Crippen LogP contribution in [-0.4, -0.2) is 13.3 Å². The molecule has 2 aromatic carbocycles. The maximum atomic E-state index is 13.9. The van der Waals surface area contributed by atoms with Crippen LogP contribution >= 0.6 is 31.9 Å². The summed E-state index contributed by atoms with van der Waals surface area (Å²) in [6.45, 7) is 1.96. The first-order valence-electron chi connectivity index (χ1n) is 7.10. The summed E-state index contributed by atoms with van der Waals surface area (Å²) < 4.78 is 30.6. The number of hydrogen-bond acceptors (Lipinski definition) is 4. The van der Waals surface area contributed by atoms with Crippen molar-refractivity contribution in [2.75, 3.05) is 7.11 Å². The van der Waals surface area contributed by atoms with Crippen LogP contribution in [0, 0.1) is 5.82 Å². The minimum Gasteiger partial charge on any atom is -0.487 e. The third-order valence-corrected chi connectivity index (χ3v) is 4.65. The fourth-order valence-electron chi connectivity index (χ4n) is 2.01. The van der Waals surface area contributed by atoms with Crippen molar-refractivity contribution in [3.8, 4) is 11.5 Å². The van der Waals surface area contributed by atoms with Crippen LogP contribution in [0.5, 0.6) is 11.5 Å². The highest BCUT2D eigenvalue weighted by Gasteiger charge is 2.15. The summed E-state index contributed by atoms with van der Waals surface area (Å²) in [4.78, 5) is 11.3. The Labute approximate surface area is 156 Å². The van der Waals surface area contributed by atoms with Crippen molar-refractivity contribution in [3.05, 3.63) is 56.2 Å². The van der Waals surface area contributed by atoms with Gasteiger partial charge in [-0.15, -0.1) is 0 Å². The van der Waals surface area contributed by atoms with Crippen molar-refractivity contribution >= 4 is 38.0 Å². The van der Waals surface area contributed by atoms with Gasteiger partial charge in [0.05, 0.1) is 11.6 Å². The van der Waals surface area contributed by atoms with E-state index in [-0.39, 0.29) is 12.4 Å². The van der Waals surface area contributed by atoms with Gasteiger partial charge in [-0.1, -0.05) is 28.9 Å². The zero-order valence-electron chi connectivity index (χ0n) is 13.1. The molecule has 7 heteroatoms. The second-order valence-electron chi connectivity index (χ2n) is 4.79. The third-order valence-electron chi connectivity index (χ3n) is 3.29. The molecule has 0 saturated carbocycles. The molecule has 0 aliphatic rings. The lowest BCUT2D eigenvalue weighted by Gasteiger charge is -2.14. The predicted molar refractivity (Wildman–Crippen MR) is 95.0 cm³/mol. The number of halogens is 3. The largest absolute Gasteiger partial charge is 0.513 e. The minimum absolute atomic E-state index is 0.0806. The lowest BCUT2D eigenvalue weighted by Crippen LogP contribution is -2.10. The van der Waals surface area contributed by atoms with Gasteiger partial charge in [-0.3, -0.25) is 0 Å². The van der Waals surface area contributed by atoms with Crippen LogP contribution in [0.2, 0.25) is 0 Å². The van der Waals surface area contributed by atoms with Gasteiger partial charge in [0.25, 0.3) is 0 Å². The number of ether oxygens (including phenoxy) is 3. The average molecular weight is 462 g/mol. The van der Waals surface area contributed by atoms with Gasteiger partial charge in [-0.2, -0.15) is 0 Å². The maximum absolute atomic E-state index is 13.9. The van der Waals surface area contributed by atoms with Crippen molar-refractivity contribution in [1.82, 2.24) is 0 Å². The molecular weight excluding hydrogens is 447 g/mol. The molecule has 0 spiro atoms. The zero-order valence-corrected chi connectivity index (χ0v) is 16.2. The molecule has 0 unspecified atom stereocenters. The van der Waals surface area contributed by atoms with Crippen LogP contribution in [0.4, 0.5) is 9.18 Å². The van der Waals surface area contributed by atoms with Crippen molar-refractivity contribution in [3.63, 3.8) is 0 Å². The van der Waals surface area contributed by atoms with Crippen molar-refractivity contribution < 1.29 is 23.4 Å².